The van der Waals surface area contributed by atoms with Gasteiger partial charge in [0, 0.05) is 37.3 Å². The highest BCUT2D eigenvalue weighted by molar-refractivity contribution is 6.61. The summed E-state index contributed by atoms with van der Waals surface area (Å²) in [6, 6.07) is 0. The molecule has 0 bridgehead atoms. The fourth-order valence-corrected chi connectivity index (χ4v) is 1.80. The molecule has 2 rings (SSSR count). The van der Waals surface area contributed by atoms with Gasteiger partial charge in [0.2, 0.25) is 0 Å². The van der Waals surface area contributed by atoms with Gasteiger partial charge in [-0.2, -0.15) is 5.06 Å². The van der Waals surface area contributed by atoms with E-state index in [0.29, 0.717) is 10.9 Å². The van der Waals surface area contributed by atoms with Gasteiger partial charge in [-0.3, -0.25) is 29.2 Å². The second-order valence-corrected chi connectivity index (χ2v) is 5.90. The number of halogens is 3. The lowest BCUT2D eigenvalue weighted by atomic mass is 10.4. The fraction of sp³-hybridized carbons (Fsp3) is 0.571. The number of carbonyl (C=O) groups excluding carboxylic acids is 6. The monoisotopic (exact) mass is 478 g/mol. The van der Waals surface area contributed by atoms with E-state index in [1.165, 1.54) is 0 Å². The summed E-state index contributed by atoms with van der Waals surface area (Å²) in [7, 11) is 0. The third-order valence-electron chi connectivity index (χ3n) is 2.79. The molecule has 29 heavy (non-hydrogen) atoms. The molecule has 164 valence electrons. The summed E-state index contributed by atoms with van der Waals surface area (Å²) in [5, 5.41) is 8.98. The van der Waals surface area contributed by atoms with Gasteiger partial charge in [0.15, 0.2) is 0 Å². The SMILES string of the molecule is O=C(Cl)OCCCl.O=C(OCCCl)ON1C(=O)CCC1=O.O=C1CCC(=O)N1O. The summed E-state index contributed by atoms with van der Waals surface area (Å²) in [4.78, 5) is 67.2. The Morgan fingerprint density at radius 3 is 1.55 bits per heavy atom. The van der Waals surface area contributed by atoms with Crippen LogP contribution in [0.4, 0.5) is 9.59 Å². The van der Waals surface area contributed by atoms with E-state index in [9.17, 15) is 28.8 Å². The first kappa shape index (κ1) is 26.9. The van der Waals surface area contributed by atoms with Gasteiger partial charge in [-0.25, -0.2) is 9.59 Å². The molecule has 4 amide bonds. The summed E-state index contributed by atoms with van der Waals surface area (Å²) < 4.78 is 8.60. The summed E-state index contributed by atoms with van der Waals surface area (Å²) in [5.74, 6) is -1.68. The zero-order valence-electron chi connectivity index (χ0n) is 14.8. The van der Waals surface area contributed by atoms with Crippen molar-refractivity contribution in [1.29, 1.82) is 0 Å². The predicted molar refractivity (Wildman–Crippen MR) is 95.0 cm³/mol. The van der Waals surface area contributed by atoms with Crippen molar-refractivity contribution >= 4 is 70.0 Å². The number of carbonyl (C=O) groups is 6. The summed E-state index contributed by atoms with van der Waals surface area (Å²) in [5.41, 5.74) is -0.805. The van der Waals surface area contributed by atoms with Gasteiger partial charge >= 0.3 is 11.6 Å². The molecule has 0 atom stereocenters. The van der Waals surface area contributed by atoms with Crippen LogP contribution in [0.25, 0.3) is 0 Å². The van der Waals surface area contributed by atoms with Crippen LogP contribution >= 0.6 is 34.8 Å². The van der Waals surface area contributed by atoms with Gasteiger partial charge in [-0.05, 0) is 0 Å². The Morgan fingerprint density at radius 1 is 0.828 bits per heavy atom. The Balaban J connectivity index is 0.000000444. The van der Waals surface area contributed by atoms with E-state index in [-0.39, 0.29) is 49.8 Å². The first-order chi connectivity index (χ1) is 13.6. The number of amides is 4. The molecule has 0 aromatic heterocycles. The molecule has 2 aliphatic heterocycles. The van der Waals surface area contributed by atoms with E-state index in [0.717, 1.165) is 0 Å². The van der Waals surface area contributed by atoms with Crippen molar-refractivity contribution in [2.45, 2.75) is 25.7 Å². The zero-order valence-corrected chi connectivity index (χ0v) is 17.1. The topological polar surface area (TPSA) is 157 Å². The molecule has 0 aromatic rings. The van der Waals surface area contributed by atoms with Crippen molar-refractivity contribution in [1.82, 2.24) is 10.1 Å². The normalized spacial score (nSPS) is 15.3. The molecule has 2 saturated heterocycles. The van der Waals surface area contributed by atoms with E-state index >= 15 is 0 Å². The molecule has 12 nitrogen and oxygen atoms in total. The van der Waals surface area contributed by atoms with Crippen molar-refractivity contribution in [2.75, 3.05) is 25.0 Å². The van der Waals surface area contributed by atoms with Gasteiger partial charge in [0.1, 0.15) is 13.2 Å². The molecule has 0 unspecified atom stereocenters. The van der Waals surface area contributed by atoms with Gasteiger partial charge < -0.3 is 9.47 Å². The van der Waals surface area contributed by atoms with Crippen LogP contribution in [0.1, 0.15) is 25.7 Å². The zero-order chi connectivity index (χ0) is 22.4. The predicted octanol–water partition coefficient (Wildman–Crippen LogP) is 1.57. The second kappa shape index (κ2) is 14.8. The molecule has 15 heteroatoms. The molecule has 0 spiro atoms. The van der Waals surface area contributed by atoms with Gasteiger partial charge in [-0.1, -0.05) is 5.06 Å². The van der Waals surface area contributed by atoms with E-state index in [1.807, 2.05) is 0 Å². The quantitative estimate of drug-likeness (QED) is 0.202. The van der Waals surface area contributed by atoms with E-state index in [4.69, 9.17) is 40.0 Å². The third kappa shape index (κ3) is 11.4. The Morgan fingerprint density at radius 2 is 1.24 bits per heavy atom. The van der Waals surface area contributed by atoms with Gasteiger partial charge in [-0.15, -0.1) is 23.2 Å². The van der Waals surface area contributed by atoms with Crippen molar-refractivity contribution < 1.29 is 48.3 Å². The third-order valence-corrected chi connectivity index (χ3v) is 3.20. The minimum Gasteiger partial charge on any atom is -0.452 e. The fourth-order valence-electron chi connectivity index (χ4n) is 1.56. The Kier molecular flexibility index (Phi) is 13.7. The molecular formula is C14H17Cl3N2O10. The number of ether oxygens (including phenoxy) is 2. The smallest absolute Gasteiger partial charge is 0.452 e. The first-order valence-electron chi connectivity index (χ1n) is 7.83. The molecule has 0 aliphatic carbocycles. The largest absolute Gasteiger partial charge is 0.533 e. The highest BCUT2D eigenvalue weighted by atomic mass is 35.5. The average molecular weight is 480 g/mol. The number of hydrogen-bond acceptors (Lipinski definition) is 10. The molecule has 0 aromatic carbocycles. The summed E-state index contributed by atoms with van der Waals surface area (Å²) in [6.45, 7) is 0.153. The summed E-state index contributed by atoms with van der Waals surface area (Å²) >= 11 is 15.1. The summed E-state index contributed by atoms with van der Waals surface area (Å²) in [6.07, 6.45) is -0.692. The van der Waals surface area contributed by atoms with Gasteiger partial charge in [0.05, 0.1) is 11.8 Å². The van der Waals surface area contributed by atoms with Crippen LogP contribution in [0.3, 0.4) is 0 Å². The van der Waals surface area contributed by atoms with Crippen LogP contribution in [0.2, 0.25) is 0 Å². The maximum atomic E-state index is 10.9. The van der Waals surface area contributed by atoms with Crippen molar-refractivity contribution in [2.24, 2.45) is 0 Å². The van der Waals surface area contributed by atoms with Crippen LogP contribution < -0.4 is 0 Å². The standard InChI is InChI=1S/C7H8ClNO5.C4H5NO3.C3H4Cl2O2/c8-3-4-13-7(12)14-9-5(10)1-2-6(9)11;6-3-1-2-4(7)5(3)8;4-1-2-7-3(5)6/h1-4H2;8H,1-2H2;1-2H2. The number of hydrogen-bond donors (Lipinski definition) is 1. The van der Waals surface area contributed by atoms with Crippen molar-refractivity contribution in [3.63, 3.8) is 0 Å². The highest BCUT2D eigenvalue weighted by Gasteiger charge is 2.33. The van der Waals surface area contributed by atoms with E-state index in [2.05, 4.69) is 14.3 Å². The Bertz CT molecular complexity index is 599. The van der Waals surface area contributed by atoms with Crippen LogP contribution in [-0.4, -0.2) is 75.5 Å². The lowest BCUT2D eigenvalue weighted by Gasteiger charge is -2.11. The molecular weight excluding hydrogens is 463 g/mol. The molecule has 2 heterocycles. The van der Waals surface area contributed by atoms with Crippen molar-refractivity contribution in [3.05, 3.63) is 0 Å². The number of nitrogens with zero attached hydrogens (tertiary/aromatic N) is 2. The van der Waals surface area contributed by atoms with Crippen LogP contribution in [0.15, 0.2) is 0 Å². The van der Waals surface area contributed by atoms with E-state index < -0.39 is 35.2 Å². The lowest BCUT2D eigenvalue weighted by Crippen LogP contribution is -2.32. The highest BCUT2D eigenvalue weighted by Crippen LogP contribution is 2.12. The molecule has 0 radical (unpaired) electrons. The number of hydroxylamine groups is 4. The maximum absolute atomic E-state index is 10.9. The van der Waals surface area contributed by atoms with Crippen LogP contribution in [0.5, 0.6) is 0 Å². The first-order valence-corrected chi connectivity index (χ1v) is 9.28. The minimum atomic E-state index is -1.10. The van der Waals surface area contributed by atoms with Crippen LogP contribution in [-0.2, 0) is 33.5 Å². The number of rotatable bonds is 5. The lowest BCUT2D eigenvalue weighted by molar-refractivity contribution is -0.177. The average Bonchev–Trinajstić information content (AvgIpc) is 3.15. The van der Waals surface area contributed by atoms with Crippen molar-refractivity contribution in [3.8, 4) is 0 Å². The maximum Gasteiger partial charge on any atom is 0.533 e. The second-order valence-electron chi connectivity index (χ2n) is 4.83. The Labute approximate surface area is 179 Å². The molecule has 2 fully saturated rings. The van der Waals surface area contributed by atoms with Crippen LogP contribution in [0, 0.1) is 0 Å². The molecule has 2 aliphatic rings. The number of imide groups is 2. The molecule has 1 N–H and O–H groups in total. The minimum absolute atomic E-state index is 0.0311. The number of alkyl halides is 2. The Hall–Kier alpha value is -2.15. The van der Waals surface area contributed by atoms with Gasteiger partial charge in [0.25, 0.3) is 23.6 Å². The van der Waals surface area contributed by atoms with E-state index in [1.54, 1.807) is 0 Å². The molecule has 0 saturated carbocycles.